The minimum Gasteiger partial charge on any atom is -0.269 e. The topological polar surface area (TPSA) is 0 Å². The van der Waals surface area contributed by atoms with Crippen molar-refractivity contribution in [3.63, 3.8) is 0 Å². The van der Waals surface area contributed by atoms with Crippen LogP contribution in [-0.4, -0.2) is 2.90 Å². The molecule has 0 bridgehead atoms. The Labute approximate surface area is 422 Å². The Balaban J connectivity index is -0.00000000477. The molecular weight excluding hydrogens is 806 g/mol. The van der Waals surface area contributed by atoms with Crippen molar-refractivity contribution in [2.24, 2.45) is 0 Å². The Hall–Kier alpha value is -0.490. The fourth-order valence-electron chi connectivity index (χ4n) is 0. The van der Waals surface area contributed by atoms with Crippen molar-refractivity contribution < 1.29 is 32.7 Å². The zero-order valence-corrected chi connectivity index (χ0v) is 58.7. The van der Waals surface area contributed by atoms with Crippen LogP contribution >= 0.6 is 0 Å². The molecule has 0 aromatic heterocycles. The van der Waals surface area contributed by atoms with Crippen LogP contribution in [0, 0.1) is 0 Å². The van der Waals surface area contributed by atoms with Gasteiger partial charge >= 0.3 is 0 Å². The molecule has 0 saturated carbocycles. The molecule has 0 aliphatic carbocycles. The van der Waals surface area contributed by atoms with E-state index in [-0.39, 0.29) is 14.1 Å². The Morgan fingerprint density at radius 2 is 0.111 bits per heavy atom. The molecule has 0 nitrogen and oxygen atoms in total. The highest BCUT2D eigenvalue weighted by Gasteiger charge is 1.01. The number of hydrogen-bond acceptors (Lipinski definition) is 0. The van der Waals surface area contributed by atoms with Crippen LogP contribution in [0.4, 0.5) is 32.7 Å². The van der Waals surface area contributed by atoms with Gasteiger partial charge in [-0.3, -0.25) is 23.5 Å². The van der Waals surface area contributed by atoms with E-state index in [1.54, 1.807) is 0 Å². The molecule has 0 radical (unpaired) electrons. The summed E-state index contributed by atoms with van der Waals surface area (Å²) in [5.74, 6) is 0. The number of rotatable bonds is 0. The van der Waals surface area contributed by atoms with E-state index in [1.165, 1.54) is 0 Å². The van der Waals surface area contributed by atoms with Crippen LogP contribution < -0.4 is 0 Å². The van der Waals surface area contributed by atoms with Crippen molar-refractivity contribution >= 4 is 0 Å². The first-order valence-corrected chi connectivity index (χ1v) is 28.1. The second-order valence-electron chi connectivity index (χ2n) is 0. The summed E-state index contributed by atoms with van der Waals surface area (Å²) in [6.45, 7) is 112. The van der Waals surface area contributed by atoms with Gasteiger partial charge in [-0.25, -0.2) is 0 Å². The minimum absolute atomic E-state index is 0. The molecule has 0 rings (SSSR count). The van der Waals surface area contributed by atoms with E-state index >= 15 is 0 Å². The van der Waals surface area contributed by atoms with E-state index in [1.807, 2.05) is 388 Å². The zero-order chi connectivity index (χ0) is 62.0. The average molecular weight is 984 g/mol. The highest BCUT2D eigenvalue weighted by molar-refractivity contribution is 3.56. The van der Waals surface area contributed by atoms with Gasteiger partial charge in [0.2, 0.25) is 0 Å². The van der Waals surface area contributed by atoms with Crippen LogP contribution in [0.1, 0.15) is 388 Å². The molecule has 7 heteroatoms. The smallest absolute Gasteiger partial charge is 0.269 e. The SMILES string of the molecule is CC.CC.CC.CC.CC.CC.CC.CC.CC.CC.CC.CC.CC.CC.CC.CC.CC.CC.CC.CC.CC.CC.CC.CC.CC.CC.CC.CC.F.F.F.FF.[3H]F.[3H]F. The second kappa shape index (κ2) is 938000. The largest absolute Gasteiger partial charge is 0.269 e. The number of hydrogen-bond donors (Lipinski definition) is 0. The predicted octanol–water partition coefficient (Wildman–Crippen LogP) is 30.3. The average Bonchev–Trinajstić information content (AvgIpc) is 3.52. The van der Waals surface area contributed by atoms with Gasteiger partial charge < -0.3 is 0 Å². The van der Waals surface area contributed by atoms with E-state index < -0.39 is 0 Å². The van der Waals surface area contributed by atoms with Gasteiger partial charge in [-0.2, -0.15) is 0 Å². The molecule has 0 N–H and O–H groups in total. The standard InChI is InChI=1S/28C2H6.F2.5FH/c29*1-2;;;;;/h28*1-2H3;;5*1H/i/hT2. The molecule has 0 atom stereocenters. The Kier molecular flexibility index (Phi) is 3780000. The monoisotopic (exact) mass is 983 g/mol. The maximum atomic E-state index is 8.75. The molecule has 0 aliphatic rings. The lowest BCUT2D eigenvalue weighted by Gasteiger charge is -1.07. The zero-order valence-electron chi connectivity index (χ0n) is 60.7. The Morgan fingerprint density at radius 3 is 0.111 bits per heavy atom. The van der Waals surface area contributed by atoms with E-state index in [0.29, 0.717) is 0 Å². The van der Waals surface area contributed by atoms with Crippen LogP contribution in [0.3, 0.4) is 0 Å². The number of halogens is 7. The van der Waals surface area contributed by atoms with Gasteiger partial charge in [0.25, 0.3) is 2.90 Å². The lowest BCUT2D eigenvalue weighted by Crippen LogP contribution is -0.856. The van der Waals surface area contributed by atoms with Crippen LogP contribution in [-0.2, 0) is 0 Å². The highest BCUT2D eigenvalue weighted by atomic mass is 20.0. The summed E-state index contributed by atoms with van der Waals surface area (Å²) < 4.78 is 42.0. The van der Waals surface area contributed by atoms with Crippen LogP contribution in [0.2, 0.25) is 0 Å². The molecule has 0 aliphatic heterocycles. The minimum atomic E-state index is 0. The molecule has 0 saturated heterocycles. The fourth-order valence-corrected chi connectivity index (χ4v) is 0. The fraction of sp³-hybridized carbons (Fsp3) is 1.00. The Morgan fingerprint density at radius 1 is 0.111 bits per heavy atom. The normalized spacial score (nSPS) is 2.98. The lowest BCUT2D eigenvalue weighted by atomic mass is 11.0. The molecule has 0 amide bonds. The van der Waals surface area contributed by atoms with Crippen molar-refractivity contribution in [3.05, 3.63) is 0 Å². The van der Waals surface area contributed by atoms with Crippen molar-refractivity contribution in [2.75, 3.05) is 0 Å². The highest BCUT2D eigenvalue weighted by Crippen LogP contribution is 1.42. The van der Waals surface area contributed by atoms with Gasteiger partial charge in [0.05, 0.1) is 0 Å². The first kappa shape index (κ1) is 254. The van der Waals surface area contributed by atoms with Crippen molar-refractivity contribution in [1.29, 1.82) is 2.90 Å². The van der Waals surface area contributed by atoms with Gasteiger partial charge in [-0.05, 0) is 0 Å². The third-order valence-electron chi connectivity index (χ3n) is 0. The summed E-state index contributed by atoms with van der Waals surface area (Å²) in [4.78, 5) is 0. The van der Waals surface area contributed by atoms with E-state index in [4.69, 9.17) is 18.6 Å². The van der Waals surface area contributed by atoms with E-state index in [0.717, 1.165) is 0 Å². The van der Waals surface area contributed by atoms with Gasteiger partial charge in [0.15, 0.2) is 0 Å². The third kappa shape index (κ3) is 907000. The molecule has 0 unspecified atom stereocenters. The van der Waals surface area contributed by atoms with Gasteiger partial charge in [-0.1, -0.05) is 388 Å². The molecule has 0 spiro atoms. The van der Waals surface area contributed by atoms with Crippen molar-refractivity contribution in [2.45, 2.75) is 388 Å². The second-order valence-corrected chi connectivity index (χ2v) is 0. The quantitative estimate of drug-likeness (QED) is 0.212. The molecule has 0 aromatic rings. The van der Waals surface area contributed by atoms with Crippen LogP contribution in [0.15, 0.2) is 0 Å². The summed E-state index contributed by atoms with van der Waals surface area (Å²) in [5.41, 5.74) is 0. The van der Waals surface area contributed by atoms with Gasteiger partial charge in [0, 0.05) is 9.15 Å². The molecule has 446 valence electrons. The summed E-state index contributed by atoms with van der Waals surface area (Å²) in [6, 6.07) is 0. The predicted molar refractivity (Wildman–Crippen MR) is 332 cm³/mol. The van der Waals surface area contributed by atoms with Crippen molar-refractivity contribution in [1.82, 2.24) is 0 Å². The molecule has 0 fully saturated rings. The van der Waals surface area contributed by atoms with E-state index in [2.05, 4.69) is 2.90 Å². The summed E-state index contributed by atoms with van der Waals surface area (Å²) in [6.07, 6.45) is 0. The summed E-state index contributed by atoms with van der Waals surface area (Å²) in [7, 11) is 0. The summed E-state index contributed by atoms with van der Waals surface area (Å²) >= 11 is 0. The maximum Gasteiger partial charge on any atom is 0.269 e. The summed E-state index contributed by atoms with van der Waals surface area (Å²) in [5, 5.41) is 0. The van der Waals surface area contributed by atoms with Crippen LogP contribution in [0.5, 0.6) is 0 Å². The van der Waals surface area contributed by atoms with Gasteiger partial charge in [0.1, 0.15) is 0 Å². The third-order valence-corrected chi connectivity index (χ3v) is 0. The van der Waals surface area contributed by atoms with E-state index in [9.17, 15) is 0 Å². The van der Waals surface area contributed by atoms with Gasteiger partial charge in [-0.15, -0.1) is 0 Å². The first-order chi connectivity index (χ1) is 31.0. The first-order valence-electron chi connectivity index (χ1n) is 28.9. The molecular formula is C56H173F7. The maximum absolute atomic E-state index is 8.75. The Bertz CT molecular complexity index is 44.6. The van der Waals surface area contributed by atoms with Crippen molar-refractivity contribution in [3.8, 4) is 0 Å². The molecule has 63 heavy (non-hydrogen) atoms. The lowest BCUT2D eigenvalue weighted by molar-refractivity contribution is 0.108. The van der Waals surface area contributed by atoms with Crippen LogP contribution in [0.25, 0.3) is 0 Å². The molecule has 0 aromatic carbocycles. The molecule has 0 heterocycles.